The minimum Gasteiger partial charge on any atom is -0.338 e. The summed E-state index contributed by atoms with van der Waals surface area (Å²) in [5, 5.41) is 0. The second-order valence-corrected chi connectivity index (χ2v) is 5.51. The zero-order chi connectivity index (χ0) is 16.6. The lowest BCUT2D eigenvalue weighted by atomic mass is 9.96. The van der Waals surface area contributed by atoms with Crippen LogP contribution in [0.3, 0.4) is 0 Å². The fraction of sp³-hybridized carbons (Fsp3) is 0.400. The number of pyridine rings is 1. The van der Waals surface area contributed by atoms with E-state index in [1.54, 1.807) is 18.2 Å². The van der Waals surface area contributed by atoms with Crippen LogP contribution in [-0.2, 0) is 0 Å². The van der Waals surface area contributed by atoms with Gasteiger partial charge >= 0.3 is 6.18 Å². The van der Waals surface area contributed by atoms with Gasteiger partial charge in [0, 0.05) is 25.5 Å². The van der Waals surface area contributed by atoms with E-state index in [4.69, 9.17) is 0 Å². The van der Waals surface area contributed by atoms with Crippen LogP contribution in [0.5, 0.6) is 0 Å². The molecule has 3 heterocycles. The number of carbonyl (C=O) groups excluding carboxylic acids is 1. The van der Waals surface area contributed by atoms with E-state index in [9.17, 15) is 22.8 Å². The standard InChI is InChI=1S/C15H14F3N3O2/c16-15(17,18)10-4-7-20(8-5-10)13(22)11-9-19-12-3-1-2-6-21(12)14(11)23/h1-3,6,9-10H,4-5,7-8H2. The van der Waals surface area contributed by atoms with Gasteiger partial charge in [-0.05, 0) is 25.0 Å². The van der Waals surface area contributed by atoms with Crippen LogP contribution >= 0.6 is 0 Å². The molecule has 2 aromatic rings. The second kappa shape index (κ2) is 5.68. The van der Waals surface area contributed by atoms with Gasteiger partial charge in [0.25, 0.3) is 11.5 Å². The van der Waals surface area contributed by atoms with Crippen LogP contribution in [-0.4, -0.2) is 39.5 Å². The van der Waals surface area contributed by atoms with Crippen molar-refractivity contribution in [2.75, 3.05) is 13.1 Å². The molecule has 8 heteroatoms. The van der Waals surface area contributed by atoms with E-state index >= 15 is 0 Å². The summed E-state index contributed by atoms with van der Waals surface area (Å²) in [7, 11) is 0. The van der Waals surface area contributed by atoms with Gasteiger partial charge in [0.2, 0.25) is 0 Å². The average molecular weight is 325 g/mol. The molecule has 0 bridgehead atoms. The molecule has 0 atom stereocenters. The third-order valence-corrected chi connectivity index (χ3v) is 4.09. The van der Waals surface area contributed by atoms with Crippen molar-refractivity contribution in [2.24, 2.45) is 5.92 Å². The highest BCUT2D eigenvalue weighted by molar-refractivity contribution is 5.93. The summed E-state index contributed by atoms with van der Waals surface area (Å²) >= 11 is 0. The molecule has 0 unspecified atom stereocenters. The normalized spacial score (nSPS) is 16.7. The van der Waals surface area contributed by atoms with E-state index in [1.165, 1.54) is 21.7 Å². The topological polar surface area (TPSA) is 54.7 Å². The van der Waals surface area contributed by atoms with Gasteiger partial charge in [0.15, 0.2) is 0 Å². The number of halogens is 3. The van der Waals surface area contributed by atoms with Crippen molar-refractivity contribution >= 4 is 11.6 Å². The predicted molar refractivity (Wildman–Crippen MR) is 76.1 cm³/mol. The number of nitrogens with zero attached hydrogens (tertiary/aromatic N) is 3. The van der Waals surface area contributed by atoms with Gasteiger partial charge < -0.3 is 4.90 Å². The molecule has 23 heavy (non-hydrogen) atoms. The van der Waals surface area contributed by atoms with Gasteiger partial charge in [-0.3, -0.25) is 14.0 Å². The van der Waals surface area contributed by atoms with Crippen molar-refractivity contribution in [3.63, 3.8) is 0 Å². The molecule has 1 saturated heterocycles. The number of aromatic nitrogens is 2. The molecule has 0 saturated carbocycles. The Morgan fingerprint density at radius 2 is 1.91 bits per heavy atom. The van der Waals surface area contributed by atoms with Crippen LogP contribution in [0.2, 0.25) is 0 Å². The van der Waals surface area contributed by atoms with Crippen LogP contribution in [0.15, 0.2) is 35.4 Å². The lowest BCUT2D eigenvalue weighted by Crippen LogP contribution is -2.43. The Hall–Kier alpha value is -2.38. The summed E-state index contributed by atoms with van der Waals surface area (Å²) in [5.74, 6) is -1.95. The van der Waals surface area contributed by atoms with E-state index in [2.05, 4.69) is 4.98 Å². The molecule has 0 spiro atoms. The third kappa shape index (κ3) is 2.93. The Labute approximate surface area is 129 Å². The van der Waals surface area contributed by atoms with Gasteiger partial charge in [0.1, 0.15) is 11.2 Å². The number of carbonyl (C=O) groups is 1. The molecule has 1 amide bonds. The zero-order valence-corrected chi connectivity index (χ0v) is 12.1. The molecule has 1 fully saturated rings. The van der Waals surface area contributed by atoms with Gasteiger partial charge in [-0.1, -0.05) is 6.07 Å². The van der Waals surface area contributed by atoms with Gasteiger partial charge in [0.05, 0.1) is 5.92 Å². The fourth-order valence-corrected chi connectivity index (χ4v) is 2.75. The maximum absolute atomic E-state index is 12.7. The number of alkyl halides is 3. The van der Waals surface area contributed by atoms with E-state index in [0.717, 1.165) is 0 Å². The highest BCUT2D eigenvalue weighted by Gasteiger charge is 2.42. The number of amides is 1. The summed E-state index contributed by atoms with van der Waals surface area (Å²) in [4.78, 5) is 30.1. The SMILES string of the molecule is O=C(c1cnc2ccccn2c1=O)N1CCC(C(F)(F)F)CC1. The maximum atomic E-state index is 12.7. The van der Waals surface area contributed by atoms with Crippen molar-refractivity contribution in [2.45, 2.75) is 19.0 Å². The van der Waals surface area contributed by atoms with Gasteiger partial charge in [-0.25, -0.2) is 4.98 Å². The quantitative estimate of drug-likeness (QED) is 0.807. The second-order valence-electron chi connectivity index (χ2n) is 5.51. The minimum absolute atomic E-state index is 0.0139. The first-order chi connectivity index (χ1) is 10.9. The smallest absolute Gasteiger partial charge is 0.338 e. The molecular formula is C15H14F3N3O2. The molecule has 5 nitrogen and oxygen atoms in total. The molecule has 0 aliphatic carbocycles. The van der Waals surface area contributed by atoms with Crippen LogP contribution in [0.4, 0.5) is 13.2 Å². The monoisotopic (exact) mass is 325 g/mol. The maximum Gasteiger partial charge on any atom is 0.391 e. The van der Waals surface area contributed by atoms with Crippen LogP contribution in [0, 0.1) is 5.92 Å². The first kappa shape index (κ1) is 15.5. The molecule has 0 radical (unpaired) electrons. The number of likely N-dealkylation sites (tertiary alicyclic amines) is 1. The van der Waals surface area contributed by atoms with Crippen molar-refractivity contribution in [1.29, 1.82) is 0 Å². The predicted octanol–water partition coefficient (Wildman–Crippen LogP) is 2.11. The molecule has 122 valence electrons. The fourth-order valence-electron chi connectivity index (χ4n) is 2.75. The summed E-state index contributed by atoms with van der Waals surface area (Å²) in [6, 6.07) is 4.98. The Bertz CT molecular complexity index is 792. The van der Waals surface area contributed by atoms with Gasteiger partial charge in [-0.2, -0.15) is 13.2 Å². The summed E-state index contributed by atoms with van der Waals surface area (Å²) in [5.41, 5.74) is -0.234. The molecule has 3 rings (SSSR count). The van der Waals surface area contributed by atoms with E-state index < -0.39 is 23.6 Å². The molecular weight excluding hydrogens is 311 g/mol. The Kier molecular flexibility index (Phi) is 3.83. The Morgan fingerprint density at radius 3 is 2.57 bits per heavy atom. The minimum atomic E-state index is -4.24. The number of rotatable bonds is 1. The number of hydrogen-bond donors (Lipinski definition) is 0. The zero-order valence-electron chi connectivity index (χ0n) is 12.1. The molecule has 1 aliphatic heterocycles. The van der Waals surface area contributed by atoms with Crippen LogP contribution in [0.1, 0.15) is 23.2 Å². The van der Waals surface area contributed by atoms with Crippen molar-refractivity contribution in [3.8, 4) is 0 Å². The van der Waals surface area contributed by atoms with E-state index in [1.807, 2.05) is 0 Å². The van der Waals surface area contributed by atoms with Crippen molar-refractivity contribution < 1.29 is 18.0 Å². The first-order valence-corrected chi connectivity index (χ1v) is 7.20. The Balaban J connectivity index is 1.82. The number of piperidine rings is 1. The highest BCUT2D eigenvalue weighted by Crippen LogP contribution is 2.34. The van der Waals surface area contributed by atoms with E-state index in [0.29, 0.717) is 5.65 Å². The number of fused-ring (bicyclic) bond motifs is 1. The third-order valence-electron chi connectivity index (χ3n) is 4.09. The highest BCUT2D eigenvalue weighted by atomic mass is 19.4. The summed E-state index contributed by atoms with van der Waals surface area (Å²) in [6.45, 7) is -0.0279. The lowest BCUT2D eigenvalue weighted by Gasteiger charge is -2.32. The molecule has 0 N–H and O–H groups in total. The van der Waals surface area contributed by atoms with Crippen LogP contribution < -0.4 is 5.56 Å². The van der Waals surface area contributed by atoms with Gasteiger partial charge in [-0.15, -0.1) is 0 Å². The summed E-state index contributed by atoms with van der Waals surface area (Å²) < 4.78 is 39.2. The van der Waals surface area contributed by atoms with E-state index in [-0.39, 0.29) is 31.5 Å². The molecule has 0 aromatic carbocycles. The summed E-state index contributed by atoms with van der Waals surface area (Å²) in [6.07, 6.45) is -1.83. The molecule has 2 aromatic heterocycles. The van der Waals surface area contributed by atoms with Crippen molar-refractivity contribution in [1.82, 2.24) is 14.3 Å². The number of hydrogen-bond acceptors (Lipinski definition) is 3. The first-order valence-electron chi connectivity index (χ1n) is 7.20. The lowest BCUT2D eigenvalue weighted by molar-refractivity contribution is -0.183. The average Bonchev–Trinajstić information content (AvgIpc) is 2.54. The Morgan fingerprint density at radius 1 is 1.22 bits per heavy atom. The largest absolute Gasteiger partial charge is 0.391 e. The van der Waals surface area contributed by atoms with Crippen LogP contribution in [0.25, 0.3) is 5.65 Å². The van der Waals surface area contributed by atoms with Crippen molar-refractivity contribution in [3.05, 3.63) is 46.5 Å². The molecule has 1 aliphatic rings.